The number of nitrogens with zero attached hydrogens (tertiary/aromatic N) is 2. The van der Waals surface area contributed by atoms with E-state index in [0.29, 0.717) is 18.0 Å². The first-order valence-corrected chi connectivity index (χ1v) is 8.34. The molecule has 0 bridgehead atoms. The zero-order chi connectivity index (χ0) is 14.9. The molecular weight excluding hydrogens is 288 g/mol. The fraction of sp³-hybridized carbons (Fsp3) is 0.357. The van der Waals surface area contributed by atoms with E-state index in [1.165, 1.54) is 5.56 Å². The average molecular weight is 306 g/mol. The molecule has 0 amide bonds. The highest BCUT2D eigenvalue weighted by Gasteiger charge is 2.17. The summed E-state index contributed by atoms with van der Waals surface area (Å²) in [7, 11) is -3.46. The van der Waals surface area contributed by atoms with Gasteiger partial charge in [0.2, 0.25) is 10.0 Å². The first kappa shape index (κ1) is 14.2. The minimum Gasteiger partial charge on any atom is -0.309 e. The molecular formula is C14H18N4O2S. The van der Waals surface area contributed by atoms with Crippen molar-refractivity contribution in [2.45, 2.75) is 31.5 Å². The van der Waals surface area contributed by atoms with Gasteiger partial charge in [-0.1, -0.05) is 6.07 Å². The Kier molecular flexibility index (Phi) is 3.79. The molecule has 0 aliphatic carbocycles. The fourth-order valence-electron chi connectivity index (χ4n) is 2.41. The van der Waals surface area contributed by atoms with E-state index in [0.717, 1.165) is 24.2 Å². The second kappa shape index (κ2) is 5.59. The lowest BCUT2D eigenvalue weighted by Crippen LogP contribution is -2.27. The van der Waals surface area contributed by atoms with Crippen LogP contribution in [-0.2, 0) is 29.7 Å². The van der Waals surface area contributed by atoms with E-state index in [-0.39, 0.29) is 0 Å². The van der Waals surface area contributed by atoms with Crippen LogP contribution in [0.1, 0.15) is 16.7 Å². The highest BCUT2D eigenvalue weighted by molar-refractivity contribution is 7.89. The fourth-order valence-corrected chi connectivity index (χ4v) is 3.48. The molecule has 1 aliphatic heterocycles. The van der Waals surface area contributed by atoms with E-state index in [4.69, 9.17) is 0 Å². The first-order valence-electron chi connectivity index (χ1n) is 6.86. The van der Waals surface area contributed by atoms with E-state index in [1.54, 1.807) is 23.0 Å². The van der Waals surface area contributed by atoms with Crippen LogP contribution in [0.5, 0.6) is 0 Å². The van der Waals surface area contributed by atoms with Gasteiger partial charge < -0.3 is 5.32 Å². The maximum absolute atomic E-state index is 12.3. The lowest BCUT2D eigenvalue weighted by molar-refractivity contribution is 0.560. The van der Waals surface area contributed by atoms with Gasteiger partial charge in [0.1, 0.15) is 0 Å². The molecule has 0 radical (unpaired) electrons. The molecule has 0 fully saturated rings. The summed E-state index contributed by atoms with van der Waals surface area (Å²) in [4.78, 5) is 0.321. The Morgan fingerprint density at radius 3 is 2.90 bits per heavy atom. The van der Waals surface area contributed by atoms with Crippen LogP contribution in [0.25, 0.3) is 0 Å². The second-order valence-corrected chi connectivity index (χ2v) is 6.98. The molecule has 112 valence electrons. The van der Waals surface area contributed by atoms with Crippen molar-refractivity contribution in [3.63, 3.8) is 0 Å². The normalized spacial score (nSPS) is 14.3. The van der Waals surface area contributed by atoms with Crippen LogP contribution in [0, 0.1) is 6.92 Å². The molecule has 2 aromatic rings. The quantitative estimate of drug-likeness (QED) is 0.855. The van der Waals surface area contributed by atoms with Crippen LogP contribution in [0.15, 0.2) is 35.5 Å². The summed E-state index contributed by atoms with van der Waals surface area (Å²) in [6.45, 7) is 4.32. The van der Waals surface area contributed by atoms with Crippen LogP contribution in [0.3, 0.4) is 0 Å². The highest BCUT2D eigenvalue weighted by atomic mass is 32.2. The number of sulfonamides is 1. The Hall–Kier alpha value is -1.70. The summed E-state index contributed by atoms with van der Waals surface area (Å²) < 4.78 is 28.9. The molecule has 0 saturated heterocycles. The van der Waals surface area contributed by atoms with Gasteiger partial charge in [0.25, 0.3) is 0 Å². The van der Waals surface area contributed by atoms with Crippen molar-refractivity contribution in [1.82, 2.24) is 19.8 Å². The summed E-state index contributed by atoms with van der Waals surface area (Å²) in [5.41, 5.74) is 3.28. The maximum atomic E-state index is 12.3. The highest BCUT2D eigenvalue weighted by Crippen LogP contribution is 2.19. The van der Waals surface area contributed by atoms with Crippen molar-refractivity contribution in [3.8, 4) is 0 Å². The molecule has 6 nitrogen and oxygen atoms in total. The third-order valence-electron chi connectivity index (χ3n) is 3.51. The van der Waals surface area contributed by atoms with Crippen molar-refractivity contribution < 1.29 is 8.42 Å². The van der Waals surface area contributed by atoms with E-state index in [9.17, 15) is 8.42 Å². The summed E-state index contributed by atoms with van der Waals surface area (Å²) in [6, 6.07) is 5.28. The van der Waals surface area contributed by atoms with Crippen LogP contribution in [0.4, 0.5) is 0 Å². The van der Waals surface area contributed by atoms with E-state index in [1.807, 2.05) is 19.2 Å². The number of aromatic nitrogens is 2. The Labute approximate surface area is 124 Å². The number of hydrogen-bond donors (Lipinski definition) is 2. The molecule has 7 heteroatoms. The van der Waals surface area contributed by atoms with Gasteiger partial charge in [-0.05, 0) is 35.7 Å². The largest absolute Gasteiger partial charge is 0.309 e. The molecule has 3 rings (SSSR count). The Balaban J connectivity index is 1.66. The third-order valence-corrected chi connectivity index (χ3v) is 4.97. The van der Waals surface area contributed by atoms with E-state index in [2.05, 4.69) is 15.1 Å². The molecule has 1 aromatic carbocycles. The second-order valence-electron chi connectivity index (χ2n) is 5.21. The van der Waals surface area contributed by atoms with Crippen molar-refractivity contribution >= 4 is 10.0 Å². The number of rotatable bonds is 5. The van der Waals surface area contributed by atoms with Gasteiger partial charge in [-0.15, -0.1) is 0 Å². The van der Waals surface area contributed by atoms with Gasteiger partial charge >= 0.3 is 0 Å². The molecule has 0 unspecified atom stereocenters. The lowest BCUT2D eigenvalue weighted by atomic mass is 10.1. The van der Waals surface area contributed by atoms with Crippen molar-refractivity contribution in [3.05, 3.63) is 47.3 Å². The van der Waals surface area contributed by atoms with Gasteiger partial charge in [-0.2, -0.15) is 5.10 Å². The zero-order valence-corrected chi connectivity index (χ0v) is 12.7. The number of nitrogens with one attached hydrogen (secondary N) is 2. The van der Waals surface area contributed by atoms with Crippen LogP contribution in [0.2, 0.25) is 0 Å². The summed E-state index contributed by atoms with van der Waals surface area (Å²) in [5, 5.41) is 7.34. The molecule has 2 N–H and O–H groups in total. The molecule has 1 aliphatic rings. The number of benzene rings is 1. The minimum absolute atomic E-state index is 0.318. The molecule has 2 heterocycles. The summed E-state index contributed by atoms with van der Waals surface area (Å²) >= 11 is 0. The molecule has 0 atom stereocenters. The predicted octanol–water partition coefficient (Wildman–Crippen LogP) is 0.773. The molecule has 0 saturated carbocycles. The van der Waals surface area contributed by atoms with Crippen LogP contribution < -0.4 is 10.0 Å². The standard InChI is InChI=1S/C14H18N4O2S/c1-11-7-16-18(10-11)5-4-17-21(19,20)14-3-2-12-8-15-9-13(12)6-14/h2-3,6-7,10,15,17H,4-5,8-9H2,1H3. The van der Waals surface area contributed by atoms with Crippen molar-refractivity contribution in [1.29, 1.82) is 0 Å². The maximum Gasteiger partial charge on any atom is 0.240 e. The average Bonchev–Trinajstić information content (AvgIpc) is 3.06. The summed E-state index contributed by atoms with van der Waals surface area (Å²) in [5.74, 6) is 0. The summed E-state index contributed by atoms with van der Waals surface area (Å²) in [6.07, 6.45) is 3.64. The topological polar surface area (TPSA) is 76.0 Å². The van der Waals surface area contributed by atoms with E-state index >= 15 is 0 Å². The first-order chi connectivity index (χ1) is 10.0. The number of hydrogen-bond acceptors (Lipinski definition) is 4. The smallest absolute Gasteiger partial charge is 0.240 e. The van der Waals surface area contributed by atoms with E-state index < -0.39 is 10.0 Å². The molecule has 21 heavy (non-hydrogen) atoms. The van der Waals surface area contributed by atoms with Gasteiger partial charge in [-0.3, -0.25) is 4.68 Å². The van der Waals surface area contributed by atoms with Gasteiger partial charge in [0, 0.05) is 25.8 Å². The Morgan fingerprint density at radius 1 is 1.33 bits per heavy atom. The SMILES string of the molecule is Cc1cnn(CCNS(=O)(=O)c2ccc3c(c2)CNC3)c1. The monoisotopic (exact) mass is 306 g/mol. The van der Waals surface area contributed by atoms with Gasteiger partial charge in [-0.25, -0.2) is 13.1 Å². The predicted molar refractivity (Wildman–Crippen MR) is 79.1 cm³/mol. The Morgan fingerprint density at radius 2 is 2.14 bits per heavy atom. The third kappa shape index (κ3) is 3.15. The van der Waals surface area contributed by atoms with Crippen molar-refractivity contribution in [2.24, 2.45) is 0 Å². The van der Waals surface area contributed by atoms with Gasteiger partial charge in [0.15, 0.2) is 0 Å². The number of aryl methyl sites for hydroxylation is 1. The van der Waals surface area contributed by atoms with Crippen LogP contribution >= 0.6 is 0 Å². The zero-order valence-electron chi connectivity index (χ0n) is 11.8. The number of fused-ring (bicyclic) bond motifs is 1. The Bertz CT molecular complexity index is 752. The minimum atomic E-state index is -3.46. The molecule has 1 aromatic heterocycles. The van der Waals surface area contributed by atoms with Crippen molar-refractivity contribution in [2.75, 3.05) is 6.54 Å². The van der Waals surface area contributed by atoms with Crippen LogP contribution in [-0.4, -0.2) is 24.7 Å². The molecule has 0 spiro atoms. The lowest BCUT2D eigenvalue weighted by Gasteiger charge is -2.08. The van der Waals surface area contributed by atoms with Gasteiger partial charge in [0.05, 0.1) is 17.6 Å².